The summed E-state index contributed by atoms with van der Waals surface area (Å²) < 4.78 is 0. The summed E-state index contributed by atoms with van der Waals surface area (Å²) >= 11 is 1.70. The number of Topliss-reactive ketones (excluding diaryl/α,β-unsaturated/α-hetero) is 1. The third-order valence-corrected chi connectivity index (χ3v) is 4.05. The summed E-state index contributed by atoms with van der Waals surface area (Å²) in [6, 6.07) is 8.80. The molecule has 0 radical (unpaired) electrons. The van der Waals surface area contributed by atoms with E-state index in [-0.39, 0.29) is 11.7 Å². The van der Waals surface area contributed by atoms with Gasteiger partial charge in [0.1, 0.15) is 5.78 Å². The molecule has 0 bridgehead atoms. The van der Waals surface area contributed by atoms with Crippen LogP contribution >= 0.6 is 11.8 Å². The molecule has 0 amide bonds. The number of carbonyl (C=O) groups is 1. The number of rotatable bonds is 2. The Morgan fingerprint density at radius 1 is 1.41 bits per heavy atom. The summed E-state index contributed by atoms with van der Waals surface area (Å²) in [6.45, 7) is 0. The molecule has 2 atom stereocenters. The fourth-order valence-corrected chi connectivity index (χ4v) is 3.05. The van der Waals surface area contributed by atoms with Crippen LogP contribution in [0.4, 0.5) is 0 Å². The first-order valence-electron chi connectivity index (χ1n) is 5.51. The van der Waals surface area contributed by atoms with Crippen LogP contribution < -0.4 is 0 Å². The van der Waals surface area contributed by atoms with Gasteiger partial charge < -0.3 is 5.11 Å². The predicted molar refractivity (Wildman–Crippen MR) is 66.6 cm³/mol. The molecule has 1 saturated heterocycles. The van der Waals surface area contributed by atoms with Crippen molar-refractivity contribution in [1.29, 1.82) is 5.26 Å². The van der Waals surface area contributed by atoms with Crippen molar-refractivity contribution in [2.75, 3.05) is 11.5 Å². The molecule has 1 aliphatic heterocycles. The van der Waals surface area contributed by atoms with E-state index in [1.807, 2.05) is 6.07 Å². The zero-order valence-electron chi connectivity index (χ0n) is 9.30. The van der Waals surface area contributed by atoms with E-state index in [1.165, 1.54) is 0 Å². The number of carbonyl (C=O) groups excluding carboxylic acids is 1. The highest BCUT2D eigenvalue weighted by Gasteiger charge is 2.30. The van der Waals surface area contributed by atoms with E-state index < -0.39 is 6.10 Å². The molecule has 4 heteroatoms. The average Bonchev–Trinajstić information content (AvgIpc) is 2.39. The van der Waals surface area contributed by atoms with Gasteiger partial charge in [0.25, 0.3) is 0 Å². The van der Waals surface area contributed by atoms with Gasteiger partial charge in [-0.3, -0.25) is 4.79 Å². The van der Waals surface area contributed by atoms with Gasteiger partial charge in [-0.25, -0.2) is 0 Å². The van der Waals surface area contributed by atoms with Crippen LogP contribution in [-0.2, 0) is 4.79 Å². The fraction of sp³-hybridized carbons (Fsp3) is 0.385. The van der Waals surface area contributed by atoms with Gasteiger partial charge in [-0.15, -0.1) is 0 Å². The summed E-state index contributed by atoms with van der Waals surface area (Å²) in [4.78, 5) is 11.7. The number of hydrogen-bond acceptors (Lipinski definition) is 4. The number of thioether (sulfide) groups is 1. The maximum atomic E-state index is 11.7. The van der Waals surface area contributed by atoms with E-state index in [0.29, 0.717) is 23.3 Å². The highest BCUT2D eigenvalue weighted by Crippen LogP contribution is 2.30. The second kappa shape index (κ2) is 5.35. The van der Waals surface area contributed by atoms with Gasteiger partial charge in [0.05, 0.1) is 23.7 Å². The van der Waals surface area contributed by atoms with Gasteiger partial charge in [-0.2, -0.15) is 17.0 Å². The van der Waals surface area contributed by atoms with Crippen LogP contribution in [0, 0.1) is 17.2 Å². The van der Waals surface area contributed by atoms with Crippen LogP contribution in [0.15, 0.2) is 24.3 Å². The lowest BCUT2D eigenvalue weighted by Gasteiger charge is -2.25. The second-order valence-electron chi connectivity index (χ2n) is 4.08. The maximum Gasteiger partial charge on any atom is 0.140 e. The number of aliphatic hydroxyl groups is 1. The Morgan fingerprint density at radius 2 is 2.12 bits per heavy atom. The van der Waals surface area contributed by atoms with Gasteiger partial charge in [-0.05, 0) is 17.7 Å². The summed E-state index contributed by atoms with van der Waals surface area (Å²) in [5, 5.41) is 18.9. The molecular weight excluding hydrogens is 234 g/mol. The quantitative estimate of drug-likeness (QED) is 0.867. The summed E-state index contributed by atoms with van der Waals surface area (Å²) in [7, 11) is 0. The minimum atomic E-state index is -0.747. The molecule has 88 valence electrons. The van der Waals surface area contributed by atoms with Crippen LogP contribution in [0.3, 0.4) is 0 Å². The Labute approximate surface area is 104 Å². The van der Waals surface area contributed by atoms with Crippen molar-refractivity contribution >= 4 is 17.5 Å². The molecule has 0 spiro atoms. The van der Waals surface area contributed by atoms with Gasteiger partial charge in [0.15, 0.2) is 0 Å². The van der Waals surface area contributed by atoms with Crippen LogP contribution in [0.2, 0.25) is 0 Å². The Bertz CT molecular complexity index is 449. The van der Waals surface area contributed by atoms with Crippen molar-refractivity contribution in [2.45, 2.75) is 12.5 Å². The monoisotopic (exact) mass is 247 g/mol. The van der Waals surface area contributed by atoms with Crippen molar-refractivity contribution in [3.8, 4) is 6.07 Å². The minimum absolute atomic E-state index is 0.139. The number of ketones is 1. The predicted octanol–water partition coefficient (Wildman–Crippen LogP) is 1.91. The van der Waals surface area contributed by atoms with E-state index >= 15 is 0 Å². The third kappa shape index (κ3) is 2.68. The fourth-order valence-electron chi connectivity index (χ4n) is 1.92. The number of hydrogen-bond donors (Lipinski definition) is 1. The van der Waals surface area contributed by atoms with Crippen molar-refractivity contribution in [1.82, 2.24) is 0 Å². The zero-order chi connectivity index (χ0) is 12.3. The van der Waals surface area contributed by atoms with Gasteiger partial charge >= 0.3 is 0 Å². The summed E-state index contributed by atoms with van der Waals surface area (Å²) in [6.07, 6.45) is -0.203. The number of nitriles is 1. The second-order valence-corrected chi connectivity index (χ2v) is 5.23. The highest BCUT2D eigenvalue weighted by molar-refractivity contribution is 7.99. The lowest BCUT2D eigenvalue weighted by atomic mass is 9.91. The highest BCUT2D eigenvalue weighted by atomic mass is 32.2. The SMILES string of the molecule is N#Cc1ccc([C@H](O)[C@@H]2CSCCC2=O)cc1. The first kappa shape index (κ1) is 12.2. The number of aliphatic hydroxyl groups excluding tert-OH is 1. The van der Waals surface area contributed by atoms with Gasteiger partial charge in [0, 0.05) is 17.9 Å². The van der Waals surface area contributed by atoms with E-state index in [4.69, 9.17) is 5.26 Å². The van der Waals surface area contributed by atoms with Crippen LogP contribution in [-0.4, -0.2) is 22.4 Å². The third-order valence-electron chi connectivity index (χ3n) is 2.97. The molecule has 1 aromatic carbocycles. The van der Waals surface area contributed by atoms with Gasteiger partial charge in [-0.1, -0.05) is 12.1 Å². The Hall–Kier alpha value is -1.31. The molecule has 2 rings (SSSR count). The average molecular weight is 247 g/mol. The first-order chi connectivity index (χ1) is 8.22. The van der Waals surface area contributed by atoms with Gasteiger partial charge in [0.2, 0.25) is 0 Å². The molecule has 1 aliphatic rings. The van der Waals surface area contributed by atoms with Crippen molar-refractivity contribution in [2.24, 2.45) is 5.92 Å². The molecule has 17 heavy (non-hydrogen) atoms. The van der Waals surface area contributed by atoms with E-state index in [1.54, 1.807) is 36.0 Å². The van der Waals surface area contributed by atoms with Crippen LogP contribution in [0.1, 0.15) is 23.7 Å². The minimum Gasteiger partial charge on any atom is -0.388 e. The molecule has 0 saturated carbocycles. The molecule has 0 unspecified atom stereocenters. The Kier molecular flexibility index (Phi) is 3.82. The normalized spacial score (nSPS) is 21.9. The summed E-state index contributed by atoms with van der Waals surface area (Å²) in [5.41, 5.74) is 1.27. The van der Waals surface area contributed by atoms with Crippen LogP contribution in [0.5, 0.6) is 0 Å². The number of nitrogens with zero attached hydrogens (tertiary/aromatic N) is 1. The maximum absolute atomic E-state index is 11.7. The van der Waals surface area contributed by atoms with E-state index in [0.717, 1.165) is 5.75 Å². The number of benzene rings is 1. The van der Waals surface area contributed by atoms with E-state index in [2.05, 4.69) is 0 Å². The van der Waals surface area contributed by atoms with E-state index in [9.17, 15) is 9.90 Å². The lowest BCUT2D eigenvalue weighted by Crippen LogP contribution is -2.28. The molecule has 0 aromatic heterocycles. The van der Waals surface area contributed by atoms with Crippen molar-refractivity contribution in [3.05, 3.63) is 35.4 Å². The lowest BCUT2D eigenvalue weighted by molar-refractivity contribution is -0.125. The Morgan fingerprint density at radius 3 is 2.71 bits per heavy atom. The molecule has 1 fully saturated rings. The van der Waals surface area contributed by atoms with Crippen molar-refractivity contribution in [3.63, 3.8) is 0 Å². The standard InChI is InChI=1S/C13H13NO2S/c14-7-9-1-3-10(4-2-9)13(16)11-8-17-6-5-12(11)15/h1-4,11,13,16H,5-6,8H2/t11-,13+/m1/s1. The van der Waals surface area contributed by atoms with Crippen LogP contribution in [0.25, 0.3) is 0 Å². The molecule has 1 heterocycles. The largest absolute Gasteiger partial charge is 0.388 e. The zero-order valence-corrected chi connectivity index (χ0v) is 10.1. The van der Waals surface area contributed by atoms with Crippen molar-refractivity contribution < 1.29 is 9.90 Å². The molecule has 0 aliphatic carbocycles. The molecule has 3 nitrogen and oxygen atoms in total. The molecule has 1 N–H and O–H groups in total. The topological polar surface area (TPSA) is 61.1 Å². The smallest absolute Gasteiger partial charge is 0.140 e. The summed E-state index contributed by atoms with van der Waals surface area (Å²) in [5.74, 6) is 1.37. The Balaban J connectivity index is 2.15. The molecular formula is C13H13NO2S. The molecule has 1 aromatic rings. The first-order valence-corrected chi connectivity index (χ1v) is 6.66.